The van der Waals surface area contributed by atoms with Gasteiger partial charge in [0.2, 0.25) is 5.91 Å². The minimum atomic E-state index is -0.366. The first kappa shape index (κ1) is 18.9. The van der Waals surface area contributed by atoms with Gasteiger partial charge in [0.1, 0.15) is 17.3 Å². The van der Waals surface area contributed by atoms with Crippen LogP contribution in [0.25, 0.3) is 0 Å². The summed E-state index contributed by atoms with van der Waals surface area (Å²) in [7, 11) is 0. The van der Waals surface area contributed by atoms with Crippen LogP contribution in [0.4, 0.5) is 21.4 Å². The van der Waals surface area contributed by atoms with Gasteiger partial charge in [-0.15, -0.1) is 11.3 Å². The van der Waals surface area contributed by atoms with Gasteiger partial charge in [-0.05, 0) is 43.2 Å². The van der Waals surface area contributed by atoms with E-state index in [9.17, 15) is 9.59 Å². The molecule has 3 N–H and O–H groups in total. The Morgan fingerprint density at radius 3 is 2.48 bits per heavy atom. The van der Waals surface area contributed by atoms with Gasteiger partial charge < -0.3 is 15.4 Å². The van der Waals surface area contributed by atoms with Crippen molar-refractivity contribution in [1.29, 1.82) is 0 Å². The maximum atomic E-state index is 12.1. The van der Waals surface area contributed by atoms with Crippen molar-refractivity contribution in [3.8, 4) is 11.5 Å². The molecule has 0 saturated heterocycles. The van der Waals surface area contributed by atoms with Gasteiger partial charge in [-0.25, -0.2) is 14.8 Å². The van der Waals surface area contributed by atoms with Crippen LogP contribution in [0.15, 0.2) is 54.2 Å². The molecule has 0 bridgehead atoms. The zero-order chi connectivity index (χ0) is 20.1. The van der Waals surface area contributed by atoms with Gasteiger partial charge in [-0.3, -0.25) is 10.1 Å². The largest absolute Gasteiger partial charge is 0.457 e. The maximum Gasteiger partial charge on any atom is 0.325 e. The molecule has 2 heterocycles. The quantitative estimate of drug-likeness (QED) is 0.547. The van der Waals surface area contributed by atoms with E-state index in [0.29, 0.717) is 28.1 Å². The van der Waals surface area contributed by atoms with Crippen molar-refractivity contribution >= 4 is 39.9 Å². The molecule has 0 radical (unpaired) electrons. The number of pyridine rings is 1. The molecule has 0 atom stereocenters. The maximum absolute atomic E-state index is 12.1. The fourth-order valence-corrected chi connectivity index (χ4v) is 3.25. The zero-order valence-electron chi connectivity index (χ0n) is 15.4. The summed E-state index contributed by atoms with van der Waals surface area (Å²) < 4.78 is 5.82. The Balaban J connectivity index is 1.33. The summed E-state index contributed by atoms with van der Waals surface area (Å²) in [5, 5.41) is 10.5. The summed E-state index contributed by atoms with van der Waals surface area (Å²) in [5.74, 6) is 1.72. The van der Waals surface area contributed by atoms with Crippen molar-refractivity contribution in [2.24, 2.45) is 5.92 Å². The van der Waals surface area contributed by atoms with E-state index in [4.69, 9.17) is 4.74 Å². The molecule has 0 spiro atoms. The van der Waals surface area contributed by atoms with Gasteiger partial charge in [0.05, 0.1) is 0 Å². The summed E-state index contributed by atoms with van der Waals surface area (Å²) in [6, 6.07) is 9.98. The molecule has 1 saturated carbocycles. The Bertz CT molecular complexity index is 988. The molecule has 148 valence electrons. The number of hydrogen-bond acceptors (Lipinski definition) is 6. The number of carbonyl (C=O) groups excluding carboxylic acids is 2. The molecule has 0 aliphatic heterocycles. The second-order valence-electron chi connectivity index (χ2n) is 6.54. The number of rotatable bonds is 6. The number of carbonyl (C=O) groups is 2. The average Bonchev–Trinajstić information content (AvgIpc) is 3.15. The van der Waals surface area contributed by atoms with Crippen LogP contribution in [0.3, 0.4) is 0 Å². The third-order valence-corrected chi connectivity index (χ3v) is 5.15. The van der Waals surface area contributed by atoms with Crippen LogP contribution >= 0.6 is 11.3 Å². The molecule has 3 amide bonds. The lowest BCUT2D eigenvalue weighted by atomic mass is 9.85. The first-order chi connectivity index (χ1) is 14.2. The summed E-state index contributed by atoms with van der Waals surface area (Å²) >= 11 is 1.34. The van der Waals surface area contributed by atoms with Gasteiger partial charge in [-0.1, -0.05) is 6.42 Å². The van der Waals surface area contributed by atoms with E-state index in [0.717, 1.165) is 19.3 Å². The molecule has 1 fully saturated rings. The fraction of sp³-hybridized carbons (Fsp3) is 0.200. The first-order valence-electron chi connectivity index (χ1n) is 9.18. The topological polar surface area (TPSA) is 105 Å². The van der Waals surface area contributed by atoms with E-state index in [1.807, 2.05) is 0 Å². The number of nitrogens with one attached hydrogen (secondary N) is 3. The molecule has 1 aliphatic rings. The van der Waals surface area contributed by atoms with Crippen molar-refractivity contribution in [2.75, 3.05) is 16.0 Å². The fourth-order valence-electron chi connectivity index (χ4n) is 2.73. The second-order valence-corrected chi connectivity index (χ2v) is 7.43. The number of urea groups is 1. The van der Waals surface area contributed by atoms with Gasteiger partial charge in [0.25, 0.3) is 0 Å². The van der Waals surface area contributed by atoms with Crippen LogP contribution < -0.4 is 20.7 Å². The Labute approximate surface area is 171 Å². The summed E-state index contributed by atoms with van der Waals surface area (Å²) in [4.78, 5) is 32.1. The third kappa shape index (κ3) is 5.08. The molecular weight excluding hydrogens is 390 g/mol. The standard InChI is InChI=1S/C20H19N5O3S/c26-18(13-2-1-3-13)24-17-12-16(8-9-21-17)28-15-6-4-14(5-7-15)23-19(27)25-20-22-10-11-29-20/h4-13H,1-3H2,(H,21,24,26)(H2,22,23,25,27). The summed E-state index contributed by atoms with van der Waals surface area (Å²) in [5.41, 5.74) is 0.620. The zero-order valence-corrected chi connectivity index (χ0v) is 16.2. The molecule has 8 nitrogen and oxygen atoms in total. The van der Waals surface area contributed by atoms with Gasteiger partial charge in [-0.2, -0.15) is 0 Å². The Hall–Kier alpha value is -3.46. The number of thiazole rings is 1. The minimum absolute atomic E-state index is 0.00681. The van der Waals surface area contributed by atoms with Gasteiger partial charge in [0.15, 0.2) is 5.13 Å². The van der Waals surface area contributed by atoms with E-state index in [2.05, 4.69) is 25.9 Å². The van der Waals surface area contributed by atoms with Gasteiger partial charge >= 0.3 is 6.03 Å². The van der Waals surface area contributed by atoms with E-state index in [-0.39, 0.29) is 17.9 Å². The minimum Gasteiger partial charge on any atom is -0.457 e. The molecule has 29 heavy (non-hydrogen) atoms. The number of aromatic nitrogens is 2. The number of benzene rings is 1. The molecule has 1 aliphatic carbocycles. The van der Waals surface area contributed by atoms with Crippen molar-refractivity contribution in [1.82, 2.24) is 9.97 Å². The van der Waals surface area contributed by atoms with Crippen molar-refractivity contribution in [3.05, 3.63) is 54.2 Å². The summed E-state index contributed by atoms with van der Waals surface area (Å²) in [6.07, 6.45) is 6.18. The highest BCUT2D eigenvalue weighted by atomic mass is 32.1. The third-order valence-electron chi connectivity index (χ3n) is 4.46. The van der Waals surface area contributed by atoms with Crippen LogP contribution in [0.2, 0.25) is 0 Å². The SMILES string of the molecule is O=C(Nc1ccc(Oc2ccnc(NC(=O)C3CCC3)c2)cc1)Nc1nccs1. The smallest absolute Gasteiger partial charge is 0.325 e. The van der Waals surface area contributed by atoms with E-state index < -0.39 is 0 Å². The van der Waals surface area contributed by atoms with Crippen LogP contribution in [-0.2, 0) is 4.79 Å². The van der Waals surface area contributed by atoms with Crippen LogP contribution in [0.1, 0.15) is 19.3 Å². The molecular formula is C20H19N5O3S. The van der Waals surface area contributed by atoms with Crippen LogP contribution in [-0.4, -0.2) is 21.9 Å². The molecule has 1 aromatic carbocycles. The Kier molecular flexibility index (Phi) is 5.66. The lowest BCUT2D eigenvalue weighted by Crippen LogP contribution is -2.28. The number of amides is 3. The van der Waals surface area contributed by atoms with Crippen molar-refractivity contribution in [3.63, 3.8) is 0 Å². The van der Waals surface area contributed by atoms with Crippen LogP contribution in [0.5, 0.6) is 11.5 Å². The number of anilines is 3. The van der Waals surface area contributed by atoms with Crippen LogP contribution in [0, 0.1) is 5.92 Å². The van der Waals surface area contributed by atoms with E-state index in [1.165, 1.54) is 11.3 Å². The molecule has 2 aromatic heterocycles. The monoisotopic (exact) mass is 409 g/mol. The lowest BCUT2D eigenvalue weighted by Gasteiger charge is -2.23. The normalized spacial score (nSPS) is 13.2. The second kappa shape index (κ2) is 8.70. The highest BCUT2D eigenvalue weighted by molar-refractivity contribution is 7.13. The molecule has 9 heteroatoms. The van der Waals surface area contributed by atoms with Gasteiger partial charge in [0, 0.05) is 35.4 Å². The Morgan fingerprint density at radius 2 is 1.79 bits per heavy atom. The average molecular weight is 409 g/mol. The molecule has 3 aromatic rings. The molecule has 0 unspecified atom stereocenters. The highest BCUT2D eigenvalue weighted by Crippen LogP contribution is 2.28. The van der Waals surface area contributed by atoms with Crippen molar-refractivity contribution < 1.29 is 14.3 Å². The Morgan fingerprint density at radius 1 is 0.966 bits per heavy atom. The number of hydrogen-bond donors (Lipinski definition) is 3. The van der Waals surface area contributed by atoms with Crippen molar-refractivity contribution in [2.45, 2.75) is 19.3 Å². The highest BCUT2D eigenvalue weighted by Gasteiger charge is 2.25. The predicted molar refractivity (Wildman–Crippen MR) is 111 cm³/mol. The van der Waals surface area contributed by atoms with E-state index in [1.54, 1.807) is 54.2 Å². The lowest BCUT2D eigenvalue weighted by molar-refractivity contribution is -0.122. The predicted octanol–water partition coefficient (Wildman–Crippen LogP) is 4.71. The number of ether oxygens (including phenoxy) is 1. The van der Waals surface area contributed by atoms with E-state index >= 15 is 0 Å². The first-order valence-corrected chi connectivity index (χ1v) is 10.1. The summed E-state index contributed by atoms with van der Waals surface area (Å²) in [6.45, 7) is 0. The number of nitrogens with zero attached hydrogens (tertiary/aromatic N) is 2. The molecule has 4 rings (SSSR count).